The van der Waals surface area contributed by atoms with Gasteiger partial charge in [0.25, 0.3) is 0 Å². The first-order valence-corrected chi connectivity index (χ1v) is 15.7. The highest BCUT2D eigenvalue weighted by Crippen LogP contribution is 2.76. The van der Waals surface area contributed by atoms with E-state index >= 15 is 0 Å². The van der Waals surface area contributed by atoms with Crippen LogP contribution in [0.4, 0.5) is 0 Å². The van der Waals surface area contributed by atoms with Gasteiger partial charge in [0.2, 0.25) is 0 Å². The molecule has 11 atom stereocenters. The van der Waals surface area contributed by atoms with E-state index in [1.54, 1.807) is 5.57 Å². The minimum absolute atomic E-state index is 0.365. The first kappa shape index (κ1) is 28.0. The van der Waals surface area contributed by atoms with Gasteiger partial charge in [-0.2, -0.15) is 0 Å². The highest BCUT2D eigenvalue weighted by atomic mass is 14.7. The summed E-state index contributed by atoms with van der Waals surface area (Å²) < 4.78 is 0. The fourth-order valence-electron chi connectivity index (χ4n) is 10.2. The van der Waals surface area contributed by atoms with Gasteiger partial charge in [-0.15, -0.1) is 12.3 Å². The Labute approximate surface area is 225 Å². The maximum Gasteiger partial charge on any atom is -0.0132 e. The summed E-state index contributed by atoms with van der Waals surface area (Å²) in [7, 11) is 0. The lowest BCUT2D eigenvalue weighted by molar-refractivity contribution is -0.150. The third kappa shape index (κ3) is 4.91. The van der Waals surface area contributed by atoms with Crippen molar-refractivity contribution in [1.29, 1.82) is 0 Å². The maximum absolute atomic E-state index is 4.42. The van der Waals surface area contributed by atoms with Crippen LogP contribution in [-0.2, 0) is 0 Å². The summed E-state index contributed by atoms with van der Waals surface area (Å²) in [5.41, 5.74) is 7.49. The maximum atomic E-state index is 4.42. The number of fused-ring (bicyclic) bond motifs is 1. The molecule has 4 saturated carbocycles. The van der Waals surface area contributed by atoms with Crippen LogP contribution in [0.15, 0.2) is 41.7 Å². The Morgan fingerprint density at radius 2 is 1.86 bits per heavy atom. The number of hydrogen-bond acceptors (Lipinski definition) is 0. The normalized spacial score (nSPS) is 42.2. The van der Waals surface area contributed by atoms with Crippen molar-refractivity contribution in [3.8, 4) is 0 Å². The third-order valence-electron chi connectivity index (χ3n) is 12.2. The first-order chi connectivity index (χ1) is 17.0. The van der Waals surface area contributed by atoms with E-state index in [-0.39, 0.29) is 0 Å². The van der Waals surface area contributed by atoms with E-state index in [1.807, 2.05) is 0 Å². The molecule has 4 aliphatic rings. The quantitative estimate of drug-likeness (QED) is 0.188. The highest BCUT2D eigenvalue weighted by Gasteiger charge is 2.70. The van der Waals surface area contributed by atoms with Crippen LogP contribution in [0.25, 0.3) is 0 Å². The van der Waals surface area contributed by atoms with Gasteiger partial charge in [-0.1, -0.05) is 65.2 Å². The van der Waals surface area contributed by atoms with E-state index < -0.39 is 0 Å². The van der Waals surface area contributed by atoms with Crippen molar-refractivity contribution in [2.24, 2.45) is 70.0 Å². The SMILES string of the molecule is C=C(C)CC(C1C/C1=C/C)C(C)C(CC)[C@]1(CC=C=CC)[C@H](C(C)C)CC2CC2C1(C)CC1CC1C. The molecule has 0 bridgehead atoms. The monoisotopic (exact) mass is 490 g/mol. The zero-order valence-electron chi connectivity index (χ0n) is 25.4. The van der Waals surface area contributed by atoms with Crippen LogP contribution in [0.2, 0.25) is 0 Å². The number of rotatable bonds is 12. The molecule has 0 aromatic carbocycles. The van der Waals surface area contributed by atoms with Gasteiger partial charge in [-0.25, -0.2) is 0 Å². The zero-order chi connectivity index (χ0) is 26.4. The van der Waals surface area contributed by atoms with Crippen molar-refractivity contribution in [1.82, 2.24) is 0 Å². The Bertz CT molecular complexity index is 895. The van der Waals surface area contributed by atoms with E-state index in [9.17, 15) is 0 Å². The average Bonchev–Trinajstić information content (AvgIpc) is 3.71. The molecule has 0 amide bonds. The highest BCUT2D eigenvalue weighted by molar-refractivity contribution is 5.26. The molecule has 4 fully saturated rings. The van der Waals surface area contributed by atoms with Crippen molar-refractivity contribution in [3.63, 3.8) is 0 Å². The van der Waals surface area contributed by atoms with Crippen LogP contribution in [-0.4, -0.2) is 0 Å². The van der Waals surface area contributed by atoms with Crippen LogP contribution < -0.4 is 0 Å². The van der Waals surface area contributed by atoms with E-state index in [0.717, 1.165) is 59.2 Å². The fraction of sp³-hybridized carbons (Fsp3) is 0.806. The van der Waals surface area contributed by atoms with E-state index in [0.29, 0.717) is 10.8 Å². The predicted octanol–water partition coefficient (Wildman–Crippen LogP) is 10.7. The Balaban J connectivity index is 1.84. The molecule has 4 aliphatic carbocycles. The summed E-state index contributed by atoms with van der Waals surface area (Å²) in [5.74, 6) is 8.42. The van der Waals surface area contributed by atoms with Crippen LogP contribution in [0.1, 0.15) is 114 Å². The Morgan fingerprint density at radius 1 is 1.17 bits per heavy atom. The summed E-state index contributed by atoms with van der Waals surface area (Å²) in [6.07, 6.45) is 18.0. The van der Waals surface area contributed by atoms with Gasteiger partial charge in [-0.3, -0.25) is 0 Å². The standard InChI is InChI=1S/C36H58/c1-11-14-15-16-36(32(13-3)26(9)30(17-23(4)5)31-19-27(31)12-2)33(24(6)7)20-28-21-34(28)35(36,10)22-29-18-25(29)8/h11-12,15,24-26,28-34H,4,13,16-22H2,1-3,5-10H3/b27-12-/t14?,25?,26?,28?,29?,30?,31?,32?,33-,34?,35?,36+/m0/s1. The minimum atomic E-state index is 0.365. The average molecular weight is 491 g/mol. The third-order valence-corrected chi connectivity index (χ3v) is 12.2. The van der Waals surface area contributed by atoms with Gasteiger partial charge in [0.1, 0.15) is 0 Å². The molecular weight excluding hydrogens is 432 g/mol. The van der Waals surface area contributed by atoms with Crippen molar-refractivity contribution in [2.75, 3.05) is 0 Å². The van der Waals surface area contributed by atoms with E-state index in [2.05, 4.69) is 92.9 Å². The van der Waals surface area contributed by atoms with Crippen molar-refractivity contribution in [3.05, 3.63) is 41.7 Å². The second kappa shape index (κ2) is 10.6. The molecule has 36 heavy (non-hydrogen) atoms. The van der Waals surface area contributed by atoms with Gasteiger partial charge < -0.3 is 0 Å². The molecular formula is C36H58. The molecule has 0 N–H and O–H groups in total. The van der Waals surface area contributed by atoms with Gasteiger partial charge in [-0.05, 0) is 148 Å². The van der Waals surface area contributed by atoms with Crippen molar-refractivity contribution in [2.45, 2.75) is 114 Å². The van der Waals surface area contributed by atoms with Gasteiger partial charge in [0.15, 0.2) is 0 Å². The molecule has 0 heterocycles. The summed E-state index contributed by atoms with van der Waals surface area (Å²) in [6, 6.07) is 0. The van der Waals surface area contributed by atoms with E-state index in [4.69, 9.17) is 0 Å². The summed E-state index contributed by atoms with van der Waals surface area (Å²) in [5, 5.41) is 0. The minimum Gasteiger partial charge on any atom is -0.130 e. The largest absolute Gasteiger partial charge is 0.130 e. The van der Waals surface area contributed by atoms with Gasteiger partial charge in [0, 0.05) is 0 Å². The lowest BCUT2D eigenvalue weighted by Gasteiger charge is -2.63. The Morgan fingerprint density at radius 3 is 2.36 bits per heavy atom. The smallest absolute Gasteiger partial charge is 0.0132 e. The van der Waals surface area contributed by atoms with Crippen LogP contribution >= 0.6 is 0 Å². The van der Waals surface area contributed by atoms with Crippen LogP contribution in [0.5, 0.6) is 0 Å². The molecule has 0 heteroatoms. The summed E-state index contributed by atoms with van der Waals surface area (Å²) >= 11 is 0. The van der Waals surface area contributed by atoms with Crippen molar-refractivity contribution >= 4 is 0 Å². The lowest BCUT2D eigenvalue weighted by atomic mass is 9.41. The van der Waals surface area contributed by atoms with Gasteiger partial charge in [0.05, 0.1) is 0 Å². The molecule has 9 unspecified atom stereocenters. The molecule has 0 radical (unpaired) electrons. The zero-order valence-corrected chi connectivity index (χ0v) is 25.4. The summed E-state index contributed by atoms with van der Waals surface area (Å²) in [4.78, 5) is 0. The molecule has 4 rings (SSSR count). The molecule has 0 saturated heterocycles. The van der Waals surface area contributed by atoms with Crippen LogP contribution in [0.3, 0.4) is 0 Å². The Kier molecular flexibility index (Phi) is 8.28. The second-order valence-electron chi connectivity index (χ2n) is 14.6. The predicted molar refractivity (Wildman–Crippen MR) is 158 cm³/mol. The topological polar surface area (TPSA) is 0 Å². The molecule has 0 spiro atoms. The molecule has 0 aliphatic heterocycles. The number of hydrogen-bond donors (Lipinski definition) is 0. The van der Waals surface area contributed by atoms with E-state index in [1.165, 1.54) is 56.9 Å². The molecule has 0 aromatic heterocycles. The van der Waals surface area contributed by atoms with Gasteiger partial charge >= 0.3 is 0 Å². The molecule has 0 aromatic rings. The fourth-order valence-corrected chi connectivity index (χ4v) is 10.2. The Hall–Kier alpha value is -1.00. The molecule has 202 valence electrons. The van der Waals surface area contributed by atoms with Crippen LogP contribution in [0, 0.1) is 70.0 Å². The molecule has 0 nitrogen and oxygen atoms in total. The number of allylic oxidation sites excluding steroid dienone is 4. The van der Waals surface area contributed by atoms with Crippen molar-refractivity contribution < 1.29 is 0 Å². The second-order valence-corrected chi connectivity index (χ2v) is 14.6. The first-order valence-electron chi connectivity index (χ1n) is 15.7. The summed E-state index contributed by atoms with van der Waals surface area (Å²) in [6.45, 7) is 26.7. The lowest BCUT2D eigenvalue weighted by Crippen LogP contribution is -2.58.